The monoisotopic (exact) mass is 330 g/mol. The van der Waals surface area contributed by atoms with Crippen molar-refractivity contribution in [1.29, 1.82) is 0 Å². The average molecular weight is 330 g/mol. The maximum absolute atomic E-state index is 12.7. The summed E-state index contributed by atoms with van der Waals surface area (Å²) in [7, 11) is 1.37. The second-order valence-electron chi connectivity index (χ2n) is 7.77. The number of hydrogen-bond acceptors (Lipinski definition) is 4. The van der Waals surface area contributed by atoms with E-state index in [2.05, 4.69) is 24.5 Å². The Morgan fingerprint density at radius 1 is 1.17 bits per heavy atom. The standard InChI is InChI=1S/C19H26N2O3/c1-18(2)10-11-20-15(12-18)16(22)21-19(8-9-19)14-6-4-13(5-7-14)17(23)24-3/h4-7,15,20H,8-12H2,1-3H3,(H,21,22). The highest BCUT2D eigenvalue weighted by Crippen LogP contribution is 2.45. The molecule has 0 radical (unpaired) electrons. The Bertz CT molecular complexity index is 633. The van der Waals surface area contributed by atoms with Crippen LogP contribution in [0.3, 0.4) is 0 Å². The van der Waals surface area contributed by atoms with Gasteiger partial charge in [-0.2, -0.15) is 0 Å². The predicted molar refractivity (Wildman–Crippen MR) is 91.6 cm³/mol. The molecule has 130 valence electrons. The number of hydrogen-bond donors (Lipinski definition) is 2. The Balaban J connectivity index is 1.68. The molecule has 1 saturated carbocycles. The van der Waals surface area contributed by atoms with Crippen LogP contribution in [-0.4, -0.2) is 31.6 Å². The summed E-state index contributed by atoms with van der Waals surface area (Å²) < 4.78 is 4.72. The van der Waals surface area contributed by atoms with Crippen molar-refractivity contribution in [2.24, 2.45) is 5.41 Å². The lowest BCUT2D eigenvalue weighted by Crippen LogP contribution is -2.52. The minimum Gasteiger partial charge on any atom is -0.465 e. The number of carbonyl (C=O) groups excluding carboxylic acids is 2. The van der Waals surface area contributed by atoms with Crippen molar-refractivity contribution >= 4 is 11.9 Å². The van der Waals surface area contributed by atoms with E-state index in [1.54, 1.807) is 12.1 Å². The lowest BCUT2D eigenvalue weighted by Gasteiger charge is -2.36. The first-order valence-electron chi connectivity index (χ1n) is 8.60. The van der Waals surface area contributed by atoms with E-state index in [9.17, 15) is 9.59 Å². The topological polar surface area (TPSA) is 67.4 Å². The van der Waals surface area contributed by atoms with E-state index in [1.807, 2.05) is 12.1 Å². The minimum atomic E-state index is -0.343. The van der Waals surface area contributed by atoms with Crippen LogP contribution in [0.25, 0.3) is 0 Å². The van der Waals surface area contributed by atoms with Gasteiger partial charge in [-0.3, -0.25) is 4.79 Å². The van der Waals surface area contributed by atoms with E-state index < -0.39 is 0 Å². The molecule has 1 amide bonds. The van der Waals surface area contributed by atoms with Gasteiger partial charge in [-0.25, -0.2) is 4.79 Å². The van der Waals surface area contributed by atoms with Crippen LogP contribution in [0.15, 0.2) is 24.3 Å². The van der Waals surface area contributed by atoms with Gasteiger partial charge in [0.05, 0.1) is 24.3 Å². The third-order valence-corrected chi connectivity index (χ3v) is 5.24. The summed E-state index contributed by atoms with van der Waals surface area (Å²) in [4.78, 5) is 24.2. The first-order valence-corrected chi connectivity index (χ1v) is 8.60. The van der Waals surface area contributed by atoms with E-state index in [4.69, 9.17) is 4.74 Å². The van der Waals surface area contributed by atoms with E-state index in [0.29, 0.717) is 5.56 Å². The zero-order valence-corrected chi connectivity index (χ0v) is 14.6. The van der Waals surface area contributed by atoms with Crippen molar-refractivity contribution < 1.29 is 14.3 Å². The summed E-state index contributed by atoms with van der Waals surface area (Å²) in [6.45, 7) is 5.31. The van der Waals surface area contributed by atoms with Gasteiger partial charge in [0, 0.05) is 0 Å². The molecule has 5 nitrogen and oxygen atoms in total. The first-order chi connectivity index (χ1) is 11.4. The van der Waals surface area contributed by atoms with E-state index >= 15 is 0 Å². The SMILES string of the molecule is COC(=O)c1ccc(C2(NC(=O)C3CC(C)(C)CCN3)CC2)cc1. The average Bonchev–Trinajstić information content (AvgIpc) is 3.34. The van der Waals surface area contributed by atoms with Crippen LogP contribution in [0, 0.1) is 5.41 Å². The number of ether oxygens (including phenoxy) is 1. The lowest BCUT2D eigenvalue weighted by molar-refractivity contribution is -0.125. The van der Waals surface area contributed by atoms with Crippen molar-refractivity contribution in [2.45, 2.75) is 51.1 Å². The fraction of sp³-hybridized carbons (Fsp3) is 0.579. The number of amides is 1. The van der Waals surface area contributed by atoms with Crippen molar-refractivity contribution in [3.8, 4) is 0 Å². The maximum atomic E-state index is 12.7. The smallest absolute Gasteiger partial charge is 0.337 e. The van der Waals surface area contributed by atoms with Crippen LogP contribution in [0.2, 0.25) is 0 Å². The quantitative estimate of drug-likeness (QED) is 0.832. The normalized spacial score (nSPS) is 24.0. The molecule has 24 heavy (non-hydrogen) atoms. The highest BCUT2D eigenvalue weighted by molar-refractivity contribution is 5.89. The van der Waals surface area contributed by atoms with E-state index in [0.717, 1.165) is 37.8 Å². The molecule has 0 aromatic heterocycles. The van der Waals surface area contributed by atoms with Gasteiger partial charge in [-0.15, -0.1) is 0 Å². The van der Waals surface area contributed by atoms with Crippen LogP contribution in [-0.2, 0) is 15.1 Å². The molecule has 1 saturated heterocycles. The fourth-order valence-corrected chi connectivity index (χ4v) is 3.47. The number of benzene rings is 1. The summed E-state index contributed by atoms with van der Waals surface area (Å²) in [5.74, 6) is -0.263. The largest absolute Gasteiger partial charge is 0.465 e. The molecule has 0 bridgehead atoms. The van der Waals surface area contributed by atoms with Gasteiger partial charge >= 0.3 is 5.97 Å². The molecule has 2 aliphatic rings. The molecule has 2 N–H and O–H groups in total. The third kappa shape index (κ3) is 3.46. The Morgan fingerprint density at radius 2 is 1.83 bits per heavy atom. The molecule has 1 aliphatic heterocycles. The van der Waals surface area contributed by atoms with Gasteiger partial charge in [0.1, 0.15) is 0 Å². The minimum absolute atomic E-state index is 0.0809. The van der Waals surface area contributed by atoms with Gasteiger partial charge in [0.2, 0.25) is 5.91 Å². The van der Waals surface area contributed by atoms with E-state index in [-0.39, 0.29) is 28.9 Å². The number of carbonyl (C=O) groups is 2. The Hall–Kier alpha value is -1.88. The Kier molecular flexibility index (Phi) is 4.38. The van der Waals surface area contributed by atoms with Crippen molar-refractivity contribution in [3.63, 3.8) is 0 Å². The summed E-state index contributed by atoms with van der Waals surface area (Å²) in [6.07, 6.45) is 3.83. The molecule has 1 atom stereocenters. The first kappa shape index (κ1) is 17.0. The number of piperidine rings is 1. The second-order valence-corrected chi connectivity index (χ2v) is 7.77. The lowest BCUT2D eigenvalue weighted by atomic mass is 9.79. The maximum Gasteiger partial charge on any atom is 0.337 e. The highest BCUT2D eigenvalue weighted by atomic mass is 16.5. The number of nitrogens with one attached hydrogen (secondary N) is 2. The van der Waals surface area contributed by atoms with Gasteiger partial charge in [-0.1, -0.05) is 26.0 Å². The van der Waals surface area contributed by atoms with Crippen molar-refractivity contribution in [3.05, 3.63) is 35.4 Å². The summed E-state index contributed by atoms with van der Waals surface area (Å²) in [5, 5.41) is 6.57. The van der Waals surface area contributed by atoms with Crippen LogP contribution < -0.4 is 10.6 Å². The molecule has 1 unspecified atom stereocenters. The van der Waals surface area contributed by atoms with Gasteiger partial charge < -0.3 is 15.4 Å². The highest BCUT2D eigenvalue weighted by Gasteiger charge is 2.47. The molecule has 1 aromatic carbocycles. The van der Waals surface area contributed by atoms with Crippen molar-refractivity contribution in [2.75, 3.05) is 13.7 Å². The molecular formula is C19H26N2O3. The van der Waals surface area contributed by atoms with Crippen LogP contribution in [0.5, 0.6) is 0 Å². The molecule has 5 heteroatoms. The Morgan fingerprint density at radius 3 is 2.38 bits per heavy atom. The predicted octanol–water partition coefficient (Wildman–Crippen LogP) is 2.36. The molecule has 1 aromatic rings. The zero-order valence-electron chi connectivity index (χ0n) is 14.6. The summed E-state index contributed by atoms with van der Waals surface area (Å²) >= 11 is 0. The molecule has 3 rings (SSSR count). The number of esters is 1. The molecule has 0 spiro atoms. The van der Waals surface area contributed by atoms with Gasteiger partial charge in [0.15, 0.2) is 0 Å². The molecule has 1 heterocycles. The van der Waals surface area contributed by atoms with Crippen molar-refractivity contribution in [1.82, 2.24) is 10.6 Å². The van der Waals surface area contributed by atoms with Gasteiger partial charge in [0.25, 0.3) is 0 Å². The molecule has 2 fully saturated rings. The molecular weight excluding hydrogens is 304 g/mol. The fourth-order valence-electron chi connectivity index (χ4n) is 3.47. The second kappa shape index (κ2) is 6.20. The van der Waals surface area contributed by atoms with Crippen LogP contribution in [0.4, 0.5) is 0 Å². The zero-order chi connectivity index (χ0) is 17.4. The molecule has 1 aliphatic carbocycles. The van der Waals surface area contributed by atoms with E-state index in [1.165, 1.54) is 7.11 Å². The van der Waals surface area contributed by atoms with Crippen LogP contribution in [0.1, 0.15) is 55.5 Å². The third-order valence-electron chi connectivity index (χ3n) is 5.24. The van der Waals surface area contributed by atoms with Crippen LogP contribution >= 0.6 is 0 Å². The summed E-state index contributed by atoms with van der Waals surface area (Å²) in [6, 6.07) is 7.22. The summed E-state index contributed by atoms with van der Waals surface area (Å²) in [5.41, 5.74) is 1.51. The number of rotatable bonds is 4. The Labute approximate surface area is 143 Å². The van der Waals surface area contributed by atoms with Gasteiger partial charge in [-0.05, 0) is 55.3 Å². The number of methoxy groups -OCH3 is 1.